The molecule has 0 N–H and O–H groups in total. The van der Waals surface area contributed by atoms with Gasteiger partial charge in [0, 0.05) is 0 Å². The SMILES string of the molecule is CCCCCCCCS(CCCCCC)=P([O-])([O-])[S-].[Fe+3]. The molecule has 0 aromatic carbocycles. The Morgan fingerprint density at radius 3 is 1.50 bits per heavy atom. The van der Waals surface area contributed by atoms with Gasteiger partial charge >= 0.3 is 17.1 Å². The number of rotatable bonds is 12. The van der Waals surface area contributed by atoms with E-state index >= 15 is 0 Å². The first kappa shape index (κ1) is 23.8. The minimum atomic E-state index is -3.52. The van der Waals surface area contributed by atoms with Crippen LogP contribution in [0.3, 0.4) is 0 Å². The van der Waals surface area contributed by atoms with Crippen LogP contribution in [-0.4, -0.2) is 11.5 Å². The van der Waals surface area contributed by atoms with E-state index in [2.05, 4.69) is 13.8 Å². The van der Waals surface area contributed by atoms with E-state index in [1.807, 2.05) is 0 Å². The molecule has 0 aromatic heterocycles. The Labute approximate surface area is 144 Å². The fraction of sp³-hybridized carbons (Fsp3) is 1.00. The first-order valence-electron chi connectivity index (χ1n) is 7.72. The van der Waals surface area contributed by atoms with E-state index in [1.165, 1.54) is 38.5 Å². The Balaban J connectivity index is 0. The molecular formula is C14H30FeO2PS2. The molecule has 0 saturated heterocycles. The van der Waals surface area contributed by atoms with Crippen molar-refractivity contribution >= 4 is 28.0 Å². The minimum absolute atomic E-state index is 0. The molecule has 0 spiro atoms. The van der Waals surface area contributed by atoms with Crippen molar-refractivity contribution in [1.82, 2.24) is 0 Å². The van der Waals surface area contributed by atoms with Gasteiger partial charge in [0.05, 0.1) is 0 Å². The van der Waals surface area contributed by atoms with Crippen LogP contribution in [0.15, 0.2) is 0 Å². The number of unbranched alkanes of at least 4 members (excludes halogenated alkanes) is 8. The summed E-state index contributed by atoms with van der Waals surface area (Å²) in [6.45, 7) is 4.38. The van der Waals surface area contributed by atoms with Crippen LogP contribution in [0.2, 0.25) is 0 Å². The van der Waals surface area contributed by atoms with Crippen molar-refractivity contribution in [3.63, 3.8) is 0 Å². The average Bonchev–Trinajstić information content (AvgIpc) is 2.34. The van der Waals surface area contributed by atoms with Gasteiger partial charge in [0.1, 0.15) is 0 Å². The molecule has 0 bridgehead atoms. The molecule has 1 atom stereocenters. The Morgan fingerprint density at radius 1 is 0.750 bits per heavy atom. The van der Waals surface area contributed by atoms with Gasteiger partial charge in [0.15, 0.2) is 0 Å². The Morgan fingerprint density at radius 2 is 1.10 bits per heavy atom. The molecule has 0 aromatic rings. The van der Waals surface area contributed by atoms with E-state index < -0.39 is 15.8 Å². The van der Waals surface area contributed by atoms with Crippen molar-refractivity contribution < 1.29 is 26.9 Å². The Bertz CT molecular complexity index is 262. The van der Waals surface area contributed by atoms with Gasteiger partial charge in [-0.3, -0.25) is 0 Å². The molecule has 2 nitrogen and oxygen atoms in total. The summed E-state index contributed by atoms with van der Waals surface area (Å²) in [4.78, 5) is 23.2. The summed E-state index contributed by atoms with van der Waals surface area (Å²) in [6, 6.07) is 0. The predicted octanol–water partition coefficient (Wildman–Crippen LogP) is 3.49. The number of hydrogen-bond donors (Lipinski definition) is 0. The van der Waals surface area contributed by atoms with Crippen LogP contribution in [-0.2, 0) is 39.4 Å². The van der Waals surface area contributed by atoms with Gasteiger partial charge in [-0.05, 0) is 24.3 Å². The van der Waals surface area contributed by atoms with E-state index in [9.17, 15) is 9.79 Å². The standard InChI is InChI=1S/C14H30O2PS2.Fe/c1-3-5-7-9-10-12-14-19(17(15,16)18)13-11-8-6-4-2;/h3-14H2,1-2H3;/q-3;+3. The molecule has 1 radical (unpaired) electrons. The fourth-order valence-corrected chi connectivity index (χ4v) is 7.25. The van der Waals surface area contributed by atoms with Crippen molar-refractivity contribution in [3.05, 3.63) is 0 Å². The smallest absolute Gasteiger partial charge is 0.854 e. The molecule has 0 aliphatic carbocycles. The van der Waals surface area contributed by atoms with E-state index in [1.54, 1.807) is 0 Å². The summed E-state index contributed by atoms with van der Waals surface area (Å²) >= 11 is 4.72. The van der Waals surface area contributed by atoms with Crippen LogP contribution in [0.4, 0.5) is 0 Å². The van der Waals surface area contributed by atoms with Crippen LogP contribution >= 0.6 is 5.69 Å². The summed E-state index contributed by atoms with van der Waals surface area (Å²) in [5.74, 6) is 1.61. The quantitative estimate of drug-likeness (QED) is 0.225. The van der Waals surface area contributed by atoms with Gasteiger partial charge in [0.25, 0.3) is 0 Å². The zero-order valence-electron chi connectivity index (χ0n) is 12.9. The number of hydrogen-bond acceptors (Lipinski definition) is 3. The van der Waals surface area contributed by atoms with Crippen molar-refractivity contribution in [2.24, 2.45) is 0 Å². The second-order valence-electron chi connectivity index (χ2n) is 5.15. The molecule has 0 fully saturated rings. The zero-order chi connectivity index (χ0) is 14.6. The molecule has 6 heteroatoms. The Kier molecular flexibility index (Phi) is 18.4. The minimum Gasteiger partial charge on any atom is -0.854 e. The fourth-order valence-electron chi connectivity index (χ4n) is 2.07. The Hall–Kier alpha value is 1.57. The van der Waals surface area contributed by atoms with Crippen molar-refractivity contribution in [2.75, 3.05) is 11.5 Å². The second kappa shape index (κ2) is 15.5. The van der Waals surface area contributed by atoms with Gasteiger partial charge in [-0.25, -0.2) is 10.1 Å². The topological polar surface area (TPSA) is 46.1 Å². The molecular weight excluding hydrogens is 351 g/mol. The largest absolute Gasteiger partial charge is 3.00 e. The van der Waals surface area contributed by atoms with Crippen molar-refractivity contribution in [2.45, 2.75) is 78.1 Å². The molecule has 0 amide bonds. The van der Waals surface area contributed by atoms with Crippen LogP contribution in [0.5, 0.6) is 0 Å². The van der Waals surface area contributed by atoms with Crippen molar-refractivity contribution in [1.29, 1.82) is 0 Å². The van der Waals surface area contributed by atoms with Crippen LogP contribution in [0.1, 0.15) is 78.1 Å². The molecule has 0 heterocycles. The molecule has 0 rings (SSSR count). The zero-order valence-corrected chi connectivity index (χ0v) is 16.6. The molecule has 0 saturated carbocycles. The summed E-state index contributed by atoms with van der Waals surface area (Å²) < 4.78 is 0. The third-order valence-corrected chi connectivity index (χ3v) is 10.3. The summed E-state index contributed by atoms with van der Waals surface area (Å²) in [5, 5.41) is 0. The maximum absolute atomic E-state index is 11.6. The maximum atomic E-state index is 11.6. The van der Waals surface area contributed by atoms with Crippen molar-refractivity contribution in [3.8, 4) is 0 Å². The normalized spacial score (nSPS) is 13.1. The monoisotopic (exact) mass is 381 g/mol. The third-order valence-electron chi connectivity index (χ3n) is 3.28. The summed E-state index contributed by atoms with van der Waals surface area (Å²) in [6.07, 6.45) is 11.8. The first-order chi connectivity index (χ1) is 9.02. The van der Waals surface area contributed by atoms with Gasteiger partial charge in [-0.15, -0.1) is 0 Å². The molecule has 0 aliphatic rings. The summed E-state index contributed by atoms with van der Waals surface area (Å²) in [7, 11) is -0.538. The molecule has 20 heavy (non-hydrogen) atoms. The summed E-state index contributed by atoms with van der Waals surface area (Å²) in [5.41, 5.74) is -3.52. The van der Waals surface area contributed by atoms with Gasteiger partial charge in [-0.2, -0.15) is 0 Å². The van der Waals surface area contributed by atoms with Gasteiger partial charge < -0.3 is 27.7 Å². The van der Waals surface area contributed by atoms with Crippen LogP contribution < -0.4 is 9.79 Å². The van der Waals surface area contributed by atoms with E-state index in [0.717, 1.165) is 37.2 Å². The first-order valence-corrected chi connectivity index (χ1v) is 12.5. The molecule has 1 unspecified atom stereocenters. The predicted molar refractivity (Wildman–Crippen MR) is 88.9 cm³/mol. The van der Waals surface area contributed by atoms with Crippen LogP contribution in [0, 0.1) is 0 Å². The van der Waals surface area contributed by atoms with E-state index in [0.29, 0.717) is 0 Å². The van der Waals surface area contributed by atoms with E-state index in [-0.39, 0.29) is 17.1 Å². The maximum Gasteiger partial charge on any atom is 3.00 e. The van der Waals surface area contributed by atoms with E-state index in [4.69, 9.17) is 12.2 Å². The van der Waals surface area contributed by atoms with Gasteiger partial charge in [-0.1, -0.05) is 65.2 Å². The third kappa shape index (κ3) is 14.5. The van der Waals surface area contributed by atoms with Crippen LogP contribution in [0.25, 0.3) is 0 Å². The molecule has 123 valence electrons. The second-order valence-corrected chi connectivity index (χ2v) is 12.9. The van der Waals surface area contributed by atoms with Gasteiger partial charge in [0.2, 0.25) is 0 Å². The average molecular weight is 381 g/mol. The molecule has 0 aliphatic heterocycles.